The first-order valence-electron chi connectivity index (χ1n) is 5.20. The number of hydrogen-bond donors (Lipinski definition) is 0. The molecule has 0 amide bonds. The van der Waals surface area contributed by atoms with Gasteiger partial charge < -0.3 is 0 Å². The summed E-state index contributed by atoms with van der Waals surface area (Å²) in [6, 6.07) is 5.97. The van der Waals surface area contributed by atoms with Crippen LogP contribution in [0.25, 0.3) is 0 Å². The van der Waals surface area contributed by atoms with Gasteiger partial charge in [0, 0.05) is 10.4 Å². The molecule has 1 aromatic heterocycles. The summed E-state index contributed by atoms with van der Waals surface area (Å²) in [7, 11) is 0. The molecule has 1 unspecified atom stereocenters. The Hall–Kier alpha value is -0.740. The Morgan fingerprint density at radius 1 is 1.24 bits per heavy atom. The molecule has 0 aliphatic rings. The zero-order valence-corrected chi connectivity index (χ0v) is 11.6. The van der Waals surface area contributed by atoms with E-state index in [4.69, 9.17) is 0 Å². The second kappa shape index (κ2) is 5.27. The molecule has 0 nitrogen and oxygen atoms in total. The number of rotatable bonds is 3. The topological polar surface area (TPSA) is 0 Å². The lowest BCUT2D eigenvalue weighted by Gasteiger charge is -2.11. The summed E-state index contributed by atoms with van der Waals surface area (Å²) in [5, 5.41) is 1.98. The van der Waals surface area contributed by atoms with Crippen LogP contribution < -0.4 is 0 Å². The summed E-state index contributed by atoms with van der Waals surface area (Å²) in [6.07, 6.45) is 0.319. The van der Waals surface area contributed by atoms with Crippen molar-refractivity contribution in [1.29, 1.82) is 0 Å². The number of aryl methyl sites for hydroxylation is 1. The van der Waals surface area contributed by atoms with Crippen LogP contribution in [0, 0.1) is 18.6 Å². The Bertz CT molecular complexity index is 502. The van der Waals surface area contributed by atoms with E-state index in [1.807, 2.05) is 18.4 Å². The van der Waals surface area contributed by atoms with Crippen LogP contribution in [0.3, 0.4) is 0 Å². The van der Waals surface area contributed by atoms with Gasteiger partial charge in [0.2, 0.25) is 0 Å². The molecule has 0 radical (unpaired) electrons. The number of benzene rings is 1. The molecule has 17 heavy (non-hydrogen) atoms. The first kappa shape index (κ1) is 12.7. The highest BCUT2D eigenvalue weighted by molar-refractivity contribution is 9.09. The Kier molecular flexibility index (Phi) is 3.94. The lowest BCUT2D eigenvalue weighted by molar-refractivity contribution is 0.554. The molecule has 0 N–H and O–H groups in total. The van der Waals surface area contributed by atoms with E-state index < -0.39 is 11.6 Å². The van der Waals surface area contributed by atoms with E-state index in [9.17, 15) is 8.78 Å². The monoisotopic (exact) mass is 316 g/mol. The van der Waals surface area contributed by atoms with Crippen molar-refractivity contribution in [2.75, 3.05) is 0 Å². The van der Waals surface area contributed by atoms with Crippen molar-refractivity contribution in [3.63, 3.8) is 0 Å². The van der Waals surface area contributed by atoms with Crippen LogP contribution in [-0.4, -0.2) is 0 Å². The van der Waals surface area contributed by atoms with Gasteiger partial charge in [-0.05, 0) is 42.5 Å². The molecular weight excluding hydrogens is 306 g/mol. The predicted octanol–water partition coefficient (Wildman–Crippen LogP) is 5.01. The maximum atomic E-state index is 13.5. The zero-order valence-electron chi connectivity index (χ0n) is 9.21. The van der Waals surface area contributed by atoms with E-state index >= 15 is 0 Å². The van der Waals surface area contributed by atoms with Gasteiger partial charge in [-0.1, -0.05) is 22.0 Å². The van der Waals surface area contributed by atoms with E-state index in [-0.39, 0.29) is 10.4 Å². The fourth-order valence-electron chi connectivity index (χ4n) is 1.70. The summed E-state index contributed by atoms with van der Waals surface area (Å²) in [6.45, 7) is 2.00. The van der Waals surface area contributed by atoms with E-state index in [1.165, 1.54) is 18.2 Å². The van der Waals surface area contributed by atoms with Crippen molar-refractivity contribution in [3.05, 3.63) is 57.3 Å². The van der Waals surface area contributed by atoms with Gasteiger partial charge in [-0.15, -0.1) is 11.3 Å². The third kappa shape index (κ3) is 2.75. The summed E-state index contributed by atoms with van der Waals surface area (Å²) in [5.74, 6) is -0.965. The molecule has 0 saturated carbocycles. The fraction of sp³-hybridized carbons (Fsp3) is 0.231. The van der Waals surface area contributed by atoms with Crippen LogP contribution in [0.4, 0.5) is 8.78 Å². The van der Waals surface area contributed by atoms with Crippen LogP contribution in [-0.2, 0) is 6.42 Å². The number of alkyl halides is 1. The minimum Gasteiger partial charge on any atom is -0.207 e. The van der Waals surface area contributed by atoms with E-state index in [0.29, 0.717) is 6.42 Å². The SMILES string of the molecule is Cc1ccsc1C(Br)Cc1c(F)cccc1F. The molecule has 0 fully saturated rings. The summed E-state index contributed by atoms with van der Waals surface area (Å²) >= 11 is 5.09. The molecule has 1 heterocycles. The third-order valence-electron chi connectivity index (χ3n) is 2.63. The van der Waals surface area contributed by atoms with Gasteiger partial charge in [0.25, 0.3) is 0 Å². The molecule has 1 aromatic carbocycles. The second-order valence-electron chi connectivity index (χ2n) is 3.84. The Balaban J connectivity index is 2.25. The van der Waals surface area contributed by atoms with Crippen molar-refractivity contribution < 1.29 is 8.78 Å². The van der Waals surface area contributed by atoms with Crippen molar-refractivity contribution in [3.8, 4) is 0 Å². The predicted molar refractivity (Wildman–Crippen MR) is 70.8 cm³/mol. The first-order chi connectivity index (χ1) is 8.09. The molecule has 0 aliphatic carbocycles. The number of hydrogen-bond acceptors (Lipinski definition) is 1. The van der Waals surface area contributed by atoms with Crippen LogP contribution in [0.15, 0.2) is 29.6 Å². The molecule has 0 aliphatic heterocycles. The van der Waals surface area contributed by atoms with Crippen molar-refractivity contribution in [1.82, 2.24) is 0 Å². The van der Waals surface area contributed by atoms with Crippen LogP contribution in [0.1, 0.15) is 20.8 Å². The van der Waals surface area contributed by atoms with Gasteiger partial charge in [-0.25, -0.2) is 8.78 Å². The minimum atomic E-state index is -0.483. The maximum absolute atomic E-state index is 13.5. The van der Waals surface area contributed by atoms with Gasteiger partial charge in [0.1, 0.15) is 11.6 Å². The van der Waals surface area contributed by atoms with Gasteiger partial charge in [0.15, 0.2) is 0 Å². The molecule has 2 rings (SSSR count). The molecule has 0 spiro atoms. The largest absolute Gasteiger partial charge is 0.207 e. The Morgan fingerprint density at radius 3 is 2.41 bits per heavy atom. The molecule has 4 heteroatoms. The van der Waals surface area contributed by atoms with Crippen molar-refractivity contribution in [2.24, 2.45) is 0 Å². The highest BCUT2D eigenvalue weighted by atomic mass is 79.9. The normalized spacial score (nSPS) is 12.7. The smallest absolute Gasteiger partial charge is 0.129 e. The summed E-state index contributed by atoms with van der Waals surface area (Å²) in [5.41, 5.74) is 1.29. The number of thiophene rings is 1. The molecular formula is C13H11BrF2S. The fourth-order valence-corrected chi connectivity index (χ4v) is 3.62. The molecule has 2 aromatic rings. The van der Waals surface area contributed by atoms with E-state index in [2.05, 4.69) is 15.9 Å². The lowest BCUT2D eigenvalue weighted by Crippen LogP contribution is -2.00. The molecule has 1 atom stereocenters. The van der Waals surface area contributed by atoms with Crippen LogP contribution >= 0.6 is 27.3 Å². The van der Waals surface area contributed by atoms with Crippen LogP contribution in [0.5, 0.6) is 0 Å². The van der Waals surface area contributed by atoms with Gasteiger partial charge in [-0.2, -0.15) is 0 Å². The quantitative estimate of drug-likeness (QED) is 0.698. The molecule has 90 valence electrons. The van der Waals surface area contributed by atoms with E-state index in [0.717, 1.165) is 10.4 Å². The van der Waals surface area contributed by atoms with Crippen molar-refractivity contribution in [2.45, 2.75) is 18.2 Å². The Morgan fingerprint density at radius 2 is 1.88 bits per heavy atom. The summed E-state index contributed by atoms with van der Waals surface area (Å²) in [4.78, 5) is 1.07. The number of halogens is 3. The van der Waals surface area contributed by atoms with Gasteiger partial charge in [0.05, 0.1) is 4.83 Å². The van der Waals surface area contributed by atoms with Gasteiger partial charge in [-0.3, -0.25) is 0 Å². The standard InChI is InChI=1S/C13H11BrF2S/c1-8-5-6-17-13(8)10(14)7-9-11(15)3-2-4-12(9)16/h2-6,10H,7H2,1H3. The average molecular weight is 317 g/mol. The molecule has 0 saturated heterocycles. The zero-order chi connectivity index (χ0) is 12.4. The second-order valence-corrected chi connectivity index (χ2v) is 5.89. The Labute approximate surface area is 111 Å². The lowest BCUT2D eigenvalue weighted by atomic mass is 10.1. The van der Waals surface area contributed by atoms with Crippen LogP contribution in [0.2, 0.25) is 0 Å². The minimum absolute atomic E-state index is 0.0473. The highest BCUT2D eigenvalue weighted by Crippen LogP contribution is 2.34. The highest BCUT2D eigenvalue weighted by Gasteiger charge is 2.17. The molecule has 0 bridgehead atoms. The maximum Gasteiger partial charge on any atom is 0.129 e. The first-order valence-corrected chi connectivity index (χ1v) is 7.00. The summed E-state index contributed by atoms with van der Waals surface area (Å²) < 4.78 is 27.0. The average Bonchev–Trinajstić information content (AvgIpc) is 2.70. The van der Waals surface area contributed by atoms with Gasteiger partial charge >= 0.3 is 0 Å². The van der Waals surface area contributed by atoms with E-state index in [1.54, 1.807) is 11.3 Å². The third-order valence-corrected chi connectivity index (χ3v) is 4.85. The van der Waals surface area contributed by atoms with Crippen molar-refractivity contribution >= 4 is 27.3 Å².